The minimum absolute atomic E-state index is 0.00780. The second-order valence-corrected chi connectivity index (χ2v) is 3.52. The van der Waals surface area contributed by atoms with Gasteiger partial charge in [0.1, 0.15) is 6.29 Å². The summed E-state index contributed by atoms with van der Waals surface area (Å²) in [4.78, 5) is 10.4. The summed E-state index contributed by atoms with van der Waals surface area (Å²) in [7, 11) is 0. The van der Waals surface area contributed by atoms with Gasteiger partial charge in [0.2, 0.25) is 0 Å². The minimum atomic E-state index is -0.484. The Morgan fingerprint density at radius 1 is 1.53 bits per heavy atom. The first-order chi connectivity index (χ1) is 7.17. The fourth-order valence-electron chi connectivity index (χ4n) is 1.37. The van der Waals surface area contributed by atoms with Gasteiger partial charge in [-0.2, -0.15) is 0 Å². The maximum Gasteiger partial charge on any atom is 0.165 e. The Balaban J connectivity index is 2.73. The lowest BCUT2D eigenvalue weighted by Gasteiger charge is -2.14. The van der Waals surface area contributed by atoms with Gasteiger partial charge in [0.25, 0.3) is 0 Å². The van der Waals surface area contributed by atoms with Crippen molar-refractivity contribution in [1.29, 1.82) is 0 Å². The fraction of sp³-hybridized carbons (Fsp3) is 0.417. The monoisotopic (exact) mass is 210 g/mol. The predicted octanol–water partition coefficient (Wildman–Crippen LogP) is 3.21. The molecule has 1 unspecified atom stereocenters. The summed E-state index contributed by atoms with van der Waals surface area (Å²) in [6.45, 7) is 3.95. The van der Waals surface area contributed by atoms with Crippen LogP contribution in [0, 0.1) is 5.82 Å². The number of carbonyl (C=O) groups is 1. The first-order valence-corrected chi connectivity index (χ1v) is 5.08. The number of carbonyl (C=O) groups excluding carboxylic acids is 1. The van der Waals surface area contributed by atoms with Crippen molar-refractivity contribution in [3.8, 4) is 5.75 Å². The van der Waals surface area contributed by atoms with Gasteiger partial charge in [0.05, 0.1) is 6.10 Å². The van der Waals surface area contributed by atoms with E-state index in [9.17, 15) is 9.18 Å². The summed E-state index contributed by atoms with van der Waals surface area (Å²) >= 11 is 0. The molecule has 0 heterocycles. The Morgan fingerprint density at radius 3 is 2.80 bits per heavy atom. The summed E-state index contributed by atoms with van der Waals surface area (Å²) in [6.07, 6.45) is 2.48. The Kier molecular flexibility index (Phi) is 4.28. The summed E-state index contributed by atoms with van der Waals surface area (Å²) in [6, 6.07) is 4.22. The Hall–Kier alpha value is -1.38. The molecule has 0 aromatic heterocycles. The van der Waals surface area contributed by atoms with Gasteiger partial charge in [-0.05, 0) is 31.5 Å². The zero-order valence-corrected chi connectivity index (χ0v) is 9.00. The Morgan fingerprint density at radius 2 is 2.27 bits per heavy atom. The molecule has 0 bridgehead atoms. The second-order valence-electron chi connectivity index (χ2n) is 3.52. The van der Waals surface area contributed by atoms with E-state index in [0.29, 0.717) is 11.8 Å². The molecule has 0 aliphatic rings. The van der Waals surface area contributed by atoms with Crippen LogP contribution in [0.4, 0.5) is 4.39 Å². The summed E-state index contributed by atoms with van der Waals surface area (Å²) in [5, 5.41) is 0. The molecule has 0 saturated carbocycles. The lowest BCUT2D eigenvalue weighted by Crippen LogP contribution is -2.12. The van der Waals surface area contributed by atoms with E-state index in [1.807, 2.05) is 13.8 Å². The molecule has 0 radical (unpaired) electrons. The Bertz CT molecular complexity index is 336. The van der Waals surface area contributed by atoms with Gasteiger partial charge >= 0.3 is 0 Å². The quantitative estimate of drug-likeness (QED) is 0.697. The van der Waals surface area contributed by atoms with Gasteiger partial charge in [0, 0.05) is 5.56 Å². The number of halogens is 1. The van der Waals surface area contributed by atoms with Crippen LogP contribution in [0.1, 0.15) is 37.0 Å². The largest absolute Gasteiger partial charge is 0.488 e. The van der Waals surface area contributed by atoms with Crippen LogP contribution in [0.15, 0.2) is 18.2 Å². The molecule has 1 aromatic carbocycles. The molecule has 1 rings (SSSR count). The number of benzene rings is 1. The van der Waals surface area contributed by atoms with Gasteiger partial charge < -0.3 is 4.74 Å². The average molecular weight is 210 g/mol. The first-order valence-electron chi connectivity index (χ1n) is 5.08. The molecule has 0 N–H and O–H groups in total. The summed E-state index contributed by atoms with van der Waals surface area (Å²) in [5.41, 5.74) is 0.322. The van der Waals surface area contributed by atoms with E-state index < -0.39 is 5.82 Å². The SMILES string of the molecule is CCCC(C)Oc1ccc(C=O)cc1F. The highest BCUT2D eigenvalue weighted by Crippen LogP contribution is 2.19. The highest BCUT2D eigenvalue weighted by atomic mass is 19.1. The smallest absolute Gasteiger partial charge is 0.165 e. The molecular weight excluding hydrogens is 195 g/mol. The number of hydrogen-bond acceptors (Lipinski definition) is 2. The van der Waals surface area contributed by atoms with Gasteiger partial charge in [-0.15, -0.1) is 0 Å². The average Bonchev–Trinajstić information content (AvgIpc) is 2.21. The molecule has 0 saturated heterocycles. The summed E-state index contributed by atoms with van der Waals surface area (Å²) < 4.78 is 18.7. The zero-order valence-electron chi connectivity index (χ0n) is 9.00. The van der Waals surface area contributed by atoms with Gasteiger partial charge in [-0.3, -0.25) is 4.79 Å². The third kappa shape index (κ3) is 3.35. The minimum Gasteiger partial charge on any atom is -0.488 e. The van der Waals surface area contributed by atoms with Crippen molar-refractivity contribution < 1.29 is 13.9 Å². The number of rotatable bonds is 5. The van der Waals surface area contributed by atoms with E-state index in [2.05, 4.69) is 0 Å². The van der Waals surface area contributed by atoms with E-state index in [4.69, 9.17) is 4.74 Å². The van der Waals surface area contributed by atoms with E-state index in [1.54, 1.807) is 6.07 Å². The molecule has 1 aromatic rings. The number of ether oxygens (including phenoxy) is 1. The molecule has 0 spiro atoms. The van der Waals surface area contributed by atoms with Crippen LogP contribution in [0.2, 0.25) is 0 Å². The maximum atomic E-state index is 13.4. The van der Waals surface area contributed by atoms with Crippen molar-refractivity contribution in [3.05, 3.63) is 29.6 Å². The molecule has 15 heavy (non-hydrogen) atoms. The molecule has 0 fully saturated rings. The van der Waals surface area contributed by atoms with Crippen LogP contribution in [0.3, 0.4) is 0 Å². The molecule has 3 heteroatoms. The van der Waals surface area contributed by atoms with E-state index in [0.717, 1.165) is 12.8 Å². The van der Waals surface area contributed by atoms with Gasteiger partial charge in [0.15, 0.2) is 11.6 Å². The van der Waals surface area contributed by atoms with Gasteiger partial charge in [-0.25, -0.2) is 4.39 Å². The van der Waals surface area contributed by atoms with Crippen molar-refractivity contribution in [2.45, 2.75) is 32.8 Å². The van der Waals surface area contributed by atoms with Crippen molar-refractivity contribution in [2.75, 3.05) is 0 Å². The zero-order chi connectivity index (χ0) is 11.3. The van der Waals surface area contributed by atoms with Crippen LogP contribution >= 0.6 is 0 Å². The van der Waals surface area contributed by atoms with Crippen molar-refractivity contribution in [1.82, 2.24) is 0 Å². The highest BCUT2D eigenvalue weighted by molar-refractivity contribution is 5.74. The number of aldehydes is 1. The molecule has 2 nitrogen and oxygen atoms in total. The molecular formula is C12H15FO2. The topological polar surface area (TPSA) is 26.3 Å². The van der Waals surface area contributed by atoms with E-state index in [-0.39, 0.29) is 11.9 Å². The third-order valence-electron chi connectivity index (χ3n) is 2.12. The lowest BCUT2D eigenvalue weighted by atomic mass is 10.2. The van der Waals surface area contributed by atoms with Gasteiger partial charge in [-0.1, -0.05) is 13.3 Å². The predicted molar refractivity (Wildman–Crippen MR) is 56.8 cm³/mol. The van der Waals surface area contributed by atoms with E-state index >= 15 is 0 Å². The highest BCUT2D eigenvalue weighted by Gasteiger charge is 2.08. The van der Waals surface area contributed by atoms with Crippen LogP contribution in [-0.4, -0.2) is 12.4 Å². The van der Waals surface area contributed by atoms with E-state index in [1.165, 1.54) is 12.1 Å². The van der Waals surface area contributed by atoms with Crippen LogP contribution in [0.25, 0.3) is 0 Å². The first kappa shape index (κ1) is 11.7. The number of hydrogen-bond donors (Lipinski definition) is 0. The van der Waals surface area contributed by atoms with Crippen molar-refractivity contribution in [3.63, 3.8) is 0 Å². The molecule has 0 aliphatic carbocycles. The fourth-order valence-corrected chi connectivity index (χ4v) is 1.37. The standard InChI is InChI=1S/C12H15FO2/c1-3-4-9(2)15-12-6-5-10(8-14)7-11(12)13/h5-9H,3-4H2,1-2H3. The van der Waals surface area contributed by atoms with Crippen LogP contribution < -0.4 is 4.74 Å². The third-order valence-corrected chi connectivity index (χ3v) is 2.12. The van der Waals surface area contributed by atoms with Crippen molar-refractivity contribution in [2.24, 2.45) is 0 Å². The molecule has 0 aliphatic heterocycles. The molecule has 1 atom stereocenters. The summed E-state index contributed by atoms with van der Waals surface area (Å²) in [5.74, 6) is -0.274. The molecule has 0 amide bonds. The Labute approximate surface area is 89.1 Å². The molecule has 82 valence electrons. The van der Waals surface area contributed by atoms with Crippen molar-refractivity contribution >= 4 is 6.29 Å². The van der Waals surface area contributed by atoms with Crippen LogP contribution in [-0.2, 0) is 0 Å². The lowest BCUT2D eigenvalue weighted by molar-refractivity contribution is 0.112. The van der Waals surface area contributed by atoms with Crippen LogP contribution in [0.5, 0.6) is 5.75 Å². The normalized spacial score (nSPS) is 12.2. The maximum absolute atomic E-state index is 13.4. The second kappa shape index (κ2) is 5.49.